The van der Waals surface area contributed by atoms with E-state index in [0.717, 1.165) is 11.1 Å². The highest BCUT2D eigenvalue weighted by Crippen LogP contribution is 2.36. The maximum atomic E-state index is 12.0. The number of hydrogen-bond acceptors (Lipinski definition) is 5. The average molecular weight is 404 g/mol. The second kappa shape index (κ2) is 9.80. The topological polar surface area (TPSA) is 73.9 Å². The van der Waals surface area contributed by atoms with Crippen molar-refractivity contribution in [2.75, 3.05) is 26.1 Å². The summed E-state index contributed by atoms with van der Waals surface area (Å²) in [5, 5.41) is 3.08. The van der Waals surface area contributed by atoms with Gasteiger partial charge in [0.2, 0.25) is 0 Å². The van der Waals surface area contributed by atoms with Crippen molar-refractivity contribution >= 4 is 35.2 Å². The van der Waals surface area contributed by atoms with Crippen LogP contribution in [0.15, 0.2) is 36.4 Å². The molecule has 0 bridgehead atoms. The van der Waals surface area contributed by atoms with E-state index in [9.17, 15) is 9.59 Å². The number of rotatable bonds is 7. The maximum absolute atomic E-state index is 12.0. The molecule has 2 aromatic rings. The molecule has 0 atom stereocenters. The maximum Gasteiger partial charge on any atom is 0.331 e. The van der Waals surface area contributed by atoms with Gasteiger partial charge in [-0.2, -0.15) is 0 Å². The Morgan fingerprint density at radius 1 is 1.14 bits per heavy atom. The normalized spacial score (nSPS) is 10.6. The van der Waals surface area contributed by atoms with Crippen molar-refractivity contribution < 1.29 is 23.8 Å². The average Bonchev–Trinajstić information content (AvgIpc) is 2.67. The largest absolute Gasteiger partial charge is 0.493 e. The van der Waals surface area contributed by atoms with Crippen LogP contribution >= 0.6 is 11.6 Å². The van der Waals surface area contributed by atoms with Crippen LogP contribution in [0.1, 0.15) is 16.7 Å². The zero-order valence-corrected chi connectivity index (χ0v) is 16.9. The Hall–Kier alpha value is -2.99. The quantitative estimate of drug-likeness (QED) is 0.554. The van der Waals surface area contributed by atoms with Crippen molar-refractivity contribution in [3.63, 3.8) is 0 Å². The van der Waals surface area contributed by atoms with Crippen LogP contribution in [0.3, 0.4) is 0 Å². The van der Waals surface area contributed by atoms with Crippen molar-refractivity contribution in [3.05, 3.63) is 58.1 Å². The number of aryl methyl sites for hydroxylation is 1. The second-order valence-electron chi connectivity index (χ2n) is 5.97. The van der Waals surface area contributed by atoms with Gasteiger partial charge in [0.05, 0.1) is 19.2 Å². The molecule has 0 aliphatic rings. The highest BCUT2D eigenvalue weighted by Gasteiger charge is 2.11. The molecule has 1 N–H and O–H groups in total. The first kappa shape index (κ1) is 21.3. The molecule has 1 amide bonds. The molecule has 0 saturated heterocycles. The molecular weight excluding hydrogens is 382 g/mol. The third-order valence-electron chi connectivity index (χ3n) is 4.09. The summed E-state index contributed by atoms with van der Waals surface area (Å²) in [5.41, 5.74) is 3.34. The van der Waals surface area contributed by atoms with E-state index in [2.05, 4.69) is 5.32 Å². The molecule has 0 aliphatic heterocycles. The molecule has 0 spiro atoms. The fourth-order valence-corrected chi connectivity index (χ4v) is 2.75. The zero-order valence-electron chi connectivity index (χ0n) is 16.2. The van der Waals surface area contributed by atoms with Crippen molar-refractivity contribution in [3.8, 4) is 11.5 Å². The lowest BCUT2D eigenvalue weighted by Crippen LogP contribution is -2.20. The Labute approximate surface area is 169 Å². The van der Waals surface area contributed by atoms with Crippen molar-refractivity contribution in [2.24, 2.45) is 0 Å². The summed E-state index contributed by atoms with van der Waals surface area (Å²) in [6.07, 6.45) is 2.72. The molecule has 0 radical (unpaired) electrons. The second-order valence-corrected chi connectivity index (χ2v) is 6.38. The van der Waals surface area contributed by atoms with Gasteiger partial charge in [-0.05, 0) is 54.8 Å². The van der Waals surface area contributed by atoms with E-state index < -0.39 is 11.9 Å². The fraction of sp³-hybridized carbons (Fsp3) is 0.238. The van der Waals surface area contributed by atoms with Gasteiger partial charge in [0.15, 0.2) is 18.1 Å². The summed E-state index contributed by atoms with van der Waals surface area (Å²) >= 11 is 6.12. The van der Waals surface area contributed by atoms with E-state index in [1.165, 1.54) is 26.4 Å². The van der Waals surface area contributed by atoms with Gasteiger partial charge in [-0.25, -0.2) is 4.79 Å². The summed E-state index contributed by atoms with van der Waals surface area (Å²) in [7, 11) is 2.98. The van der Waals surface area contributed by atoms with Gasteiger partial charge in [0.1, 0.15) is 0 Å². The van der Waals surface area contributed by atoms with Gasteiger partial charge in [-0.1, -0.05) is 23.7 Å². The number of carbonyl (C=O) groups is 2. The summed E-state index contributed by atoms with van der Waals surface area (Å²) in [6.45, 7) is 3.48. The van der Waals surface area contributed by atoms with E-state index in [-0.39, 0.29) is 6.61 Å². The number of halogens is 1. The number of carbonyl (C=O) groups excluding carboxylic acids is 2. The molecular formula is C21H22ClNO5. The number of benzene rings is 2. The standard InChI is InChI=1S/C21H22ClNO5/c1-13-6-5-7-17(14(13)2)23-19(24)12-28-20(25)9-8-15-10-16(22)21(27-4)18(11-15)26-3/h5-11H,12H2,1-4H3,(H,23,24)/b9-8+. The fourth-order valence-electron chi connectivity index (χ4n) is 2.46. The molecule has 0 unspecified atom stereocenters. The van der Waals surface area contributed by atoms with Crippen LogP contribution in [0, 0.1) is 13.8 Å². The SMILES string of the molecule is COc1cc(/C=C/C(=O)OCC(=O)Nc2cccc(C)c2C)cc(Cl)c1OC. The highest BCUT2D eigenvalue weighted by atomic mass is 35.5. The minimum absolute atomic E-state index is 0.350. The van der Waals surface area contributed by atoms with E-state index in [0.29, 0.717) is 27.8 Å². The number of hydrogen-bond donors (Lipinski definition) is 1. The molecule has 0 aromatic heterocycles. The summed E-state index contributed by atoms with van der Waals surface area (Å²) in [5.74, 6) is -0.213. The number of ether oxygens (including phenoxy) is 3. The molecule has 6 nitrogen and oxygen atoms in total. The van der Waals surface area contributed by atoms with Crippen LogP contribution in [-0.4, -0.2) is 32.7 Å². The van der Waals surface area contributed by atoms with Crippen molar-refractivity contribution in [2.45, 2.75) is 13.8 Å². The monoisotopic (exact) mass is 403 g/mol. The van der Waals surface area contributed by atoms with E-state index in [4.69, 9.17) is 25.8 Å². The molecule has 7 heteroatoms. The number of nitrogens with one attached hydrogen (secondary N) is 1. The Bertz CT molecular complexity index is 908. The number of amides is 1. The van der Waals surface area contributed by atoms with Crippen LogP contribution in [0.4, 0.5) is 5.69 Å². The molecule has 0 aliphatic carbocycles. The summed E-state index contributed by atoms with van der Waals surface area (Å²) in [6, 6.07) is 8.89. The van der Waals surface area contributed by atoms with Crippen molar-refractivity contribution in [1.29, 1.82) is 0 Å². The van der Waals surface area contributed by atoms with Crippen LogP contribution in [0.25, 0.3) is 6.08 Å². The van der Waals surface area contributed by atoms with E-state index in [1.54, 1.807) is 18.2 Å². The number of esters is 1. The van der Waals surface area contributed by atoms with Crippen LogP contribution in [0.2, 0.25) is 5.02 Å². The minimum Gasteiger partial charge on any atom is -0.493 e. The van der Waals surface area contributed by atoms with Crippen molar-refractivity contribution in [1.82, 2.24) is 0 Å². The molecule has 2 aromatic carbocycles. The Balaban J connectivity index is 1.94. The van der Waals surface area contributed by atoms with Crippen LogP contribution in [0.5, 0.6) is 11.5 Å². The van der Waals surface area contributed by atoms with Crippen LogP contribution in [-0.2, 0) is 14.3 Å². The first-order valence-electron chi connectivity index (χ1n) is 8.48. The predicted octanol–water partition coefficient (Wildman–Crippen LogP) is 4.17. The van der Waals surface area contributed by atoms with Gasteiger partial charge in [0.25, 0.3) is 5.91 Å². The lowest BCUT2D eigenvalue weighted by Gasteiger charge is -2.10. The molecule has 28 heavy (non-hydrogen) atoms. The van der Waals surface area contributed by atoms with Crippen LogP contribution < -0.4 is 14.8 Å². The number of methoxy groups -OCH3 is 2. The lowest BCUT2D eigenvalue weighted by atomic mass is 10.1. The van der Waals surface area contributed by atoms with Gasteiger partial charge in [0, 0.05) is 11.8 Å². The number of anilines is 1. The third-order valence-corrected chi connectivity index (χ3v) is 4.37. The Morgan fingerprint density at radius 2 is 1.89 bits per heavy atom. The molecule has 2 rings (SSSR count). The van der Waals surface area contributed by atoms with Gasteiger partial charge >= 0.3 is 5.97 Å². The third kappa shape index (κ3) is 5.50. The predicted molar refractivity (Wildman–Crippen MR) is 109 cm³/mol. The van der Waals surface area contributed by atoms with E-state index >= 15 is 0 Å². The molecule has 0 fully saturated rings. The Kier molecular flexibility index (Phi) is 7.46. The van der Waals surface area contributed by atoms with Gasteiger partial charge in [-0.15, -0.1) is 0 Å². The molecule has 148 valence electrons. The Morgan fingerprint density at radius 3 is 2.57 bits per heavy atom. The molecule has 0 heterocycles. The summed E-state index contributed by atoms with van der Waals surface area (Å²) < 4.78 is 15.3. The highest BCUT2D eigenvalue weighted by molar-refractivity contribution is 6.32. The first-order valence-corrected chi connectivity index (χ1v) is 8.86. The minimum atomic E-state index is -0.651. The molecule has 0 saturated carbocycles. The zero-order chi connectivity index (χ0) is 20.7. The smallest absolute Gasteiger partial charge is 0.331 e. The lowest BCUT2D eigenvalue weighted by molar-refractivity contribution is -0.142. The van der Waals surface area contributed by atoms with Gasteiger partial charge in [-0.3, -0.25) is 4.79 Å². The van der Waals surface area contributed by atoms with Gasteiger partial charge < -0.3 is 19.5 Å². The van der Waals surface area contributed by atoms with E-state index in [1.807, 2.05) is 26.0 Å². The first-order chi connectivity index (χ1) is 13.3. The summed E-state index contributed by atoms with van der Waals surface area (Å²) in [4.78, 5) is 23.9.